The molecule has 7 nitrogen and oxygen atoms in total. The predicted molar refractivity (Wildman–Crippen MR) is 46.1 cm³/mol. The van der Waals surface area contributed by atoms with E-state index < -0.39 is 18.4 Å². The minimum atomic E-state index is -0.671. The quantitative estimate of drug-likeness (QED) is 0.536. The van der Waals surface area contributed by atoms with E-state index in [1.54, 1.807) is 0 Å². The van der Waals surface area contributed by atoms with Crippen LogP contribution in [-0.4, -0.2) is 44.0 Å². The monoisotopic (exact) mass is 200 g/mol. The van der Waals surface area contributed by atoms with Crippen LogP contribution in [-0.2, 0) is 4.74 Å². The SMILES string of the molecule is Nc1cn([C@@H]2C[C@H](O)[C@@H](CO)O2)nn1. The second-order valence-electron chi connectivity index (χ2n) is 3.24. The van der Waals surface area contributed by atoms with Gasteiger partial charge in [0.05, 0.1) is 18.9 Å². The highest BCUT2D eigenvalue weighted by atomic mass is 16.5. The Bertz CT molecular complexity index is 316. The standard InChI is InChI=1S/C7H12N4O3/c8-6-2-11(10-9-6)7-1-4(13)5(3-12)14-7/h2,4-5,7,12-13H,1,3,8H2/t4-,5+,7-/m0/s1. The Morgan fingerprint density at radius 1 is 1.71 bits per heavy atom. The maximum Gasteiger partial charge on any atom is 0.166 e. The van der Waals surface area contributed by atoms with Gasteiger partial charge in [-0.05, 0) is 0 Å². The van der Waals surface area contributed by atoms with E-state index in [0.29, 0.717) is 12.2 Å². The van der Waals surface area contributed by atoms with Crippen molar-refractivity contribution in [3.05, 3.63) is 6.20 Å². The van der Waals surface area contributed by atoms with Crippen molar-refractivity contribution >= 4 is 5.82 Å². The Morgan fingerprint density at radius 2 is 2.50 bits per heavy atom. The summed E-state index contributed by atoms with van der Waals surface area (Å²) in [6.07, 6.45) is 0.290. The van der Waals surface area contributed by atoms with Crippen LogP contribution in [0.1, 0.15) is 12.6 Å². The van der Waals surface area contributed by atoms with Gasteiger partial charge in [0.2, 0.25) is 0 Å². The second kappa shape index (κ2) is 3.52. The van der Waals surface area contributed by atoms with Gasteiger partial charge < -0.3 is 20.7 Å². The van der Waals surface area contributed by atoms with Crippen molar-refractivity contribution in [1.29, 1.82) is 0 Å². The first-order valence-corrected chi connectivity index (χ1v) is 4.32. The van der Waals surface area contributed by atoms with Gasteiger partial charge in [-0.3, -0.25) is 0 Å². The zero-order valence-electron chi connectivity index (χ0n) is 7.45. The summed E-state index contributed by atoms with van der Waals surface area (Å²) in [5.74, 6) is 0.301. The van der Waals surface area contributed by atoms with E-state index in [-0.39, 0.29) is 6.61 Å². The number of aliphatic hydroxyl groups excluding tert-OH is 2. The molecule has 0 spiro atoms. The first kappa shape index (κ1) is 9.38. The first-order chi connectivity index (χ1) is 6.70. The van der Waals surface area contributed by atoms with Gasteiger partial charge in [-0.15, -0.1) is 5.10 Å². The van der Waals surface area contributed by atoms with Gasteiger partial charge in [0.15, 0.2) is 12.0 Å². The van der Waals surface area contributed by atoms with Crippen LogP contribution in [0.2, 0.25) is 0 Å². The van der Waals surface area contributed by atoms with Crippen LogP contribution >= 0.6 is 0 Å². The van der Waals surface area contributed by atoms with Crippen molar-refractivity contribution in [1.82, 2.24) is 15.0 Å². The van der Waals surface area contributed by atoms with Crippen LogP contribution in [0.5, 0.6) is 0 Å². The zero-order valence-corrected chi connectivity index (χ0v) is 7.45. The summed E-state index contributed by atoms with van der Waals surface area (Å²) in [6.45, 7) is -0.207. The zero-order chi connectivity index (χ0) is 10.1. The lowest BCUT2D eigenvalue weighted by Crippen LogP contribution is -2.24. The molecule has 2 rings (SSSR count). The number of aromatic nitrogens is 3. The van der Waals surface area contributed by atoms with E-state index in [2.05, 4.69) is 10.3 Å². The fourth-order valence-corrected chi connectivity index (χ4v) is 1.47. The topological polar surface area (TPSA) is 106 Å². The molecule has 1 aliphatic heterocycles. The molecular formula is C7H12N4O3. The Labute approximate surface area is 80.1 Å². The summed E-state index contributed by atoms with van der Waals surface area (Å²) in [5, 5.41) is 25.6. The van der Waals surface area contributed by atoms with Gasteiger partial charge in [-0.2, -0.15) is 0 Å². The third kappa shape index (κ3) is 1.57. The predicted octanol–water partition coefficient (Wildman–Crippen LogP) is -1.50. The molecule has 0 saturated carbocycles. The molecule has 1 saturated heterocycles. The highest BCUT2D eigenvalue weighted by Crippen LogP contribution is 2.27. The average Bonchev–Trinajstić information content (AvgIpc) is 2.71. The van der Waals surface area contributed by atoms with Crippen LogP contribution in [0, 0.1) is 0 Å². The minimum absolute atomic E-state index is 0.207. The highest BCUT2D eigenvalue weighted by molar-refractivity contribution is 5.20. The molecule has 3 atom stereocenters. The van der Waals surface area contributed by atoms with E-state index in [4.69, 9.17) is 15.6 Å². The number of anilines is 1. The summed E-state index contributed by atoms with van der Waals surface area (Å²) in [4.78, 5) is 0. The molecule has 1 aliphatic rings. The Morgan fingerprint density at radius 3 is 3.00 bits per heavy atom. The molecule has 0 bridgehead atoms. The average molecular weight is 200 g/mol. The lowest BCUT2D eigenvalue weighted by Gasteiger charge is -2.11. The van der Waals surface area contributed by atoms with E-state index in [0.717, 1.165) is 0 Å². The molecule has 14 heavy (non-hydrogen) atoms. The third-order valence-corrected chi connectivity index (χ3v) is 2.21. The maximum absolute atomic E-state index is 9.45. The van der Waals surface area contributed by atoms with Crippen LogP contribution in [0.3, 0.4) is 0 Å². The Balaban J connectivity index is 2.08. The van der Waals surface area contributed by atoms with Crippen LogP contribution in [0.4, 0.5) is 5.82 Å². The number of nitrogen functional groups attached to an aromatic ring is 1. The second-order valence-corrected chi connectivity index (χ2v) is 3.24. The van der Waals surface area contributed by atoms with Gasteiger partial charge in [-0.25, -0.2) is 4.68 Å². The van der Waals surface area contributed by atoms with Crippen molar-refractivity contribution in [2.24, 2.45) is 0 Å². The van der Waals surface area contributed by atoms with Crippen molar-refractivity contribution < 1.29 is 14.9 Å². The van der Waals surface area contributed by atoms with Crippen molar-refractivity contribution in [2.45, 2.75) is 24.9 Å². The van der Waals surface area contributed by atoms with E-state index >= 15 is 0 Å². The van der Waals surface area contributed by atoms with Crippen molar-refractivity contribution in [2.75, 3.05) is 12.3 Å². The van der Waals surface area contributed by atoms with Gasteiger partial charge in [0.1, 0.15) is 6.10 Å². The third-order valence-electron chi connectivity index (χ3n) is 2.21. The summed E-state index contributed by atoms with van der Waals surface area (Å²) in [5.41, 5.74) is 5.39. The lowest BCUT2D eigenvalue weighted by molar-refractivity contribution is -0.0489. The summed E-state index contributed by atoms with van der Waals surface area (Å²) >= 11 is 0. The number of hydrogen-bond acceptors (Lipinski definition) is 6. The number of hydrogen-bond donors (Lipinski definition) is 3. The lowest BCUT2D eigenvalue weighted by atomic mass is 10.2. The molecule has 0 radical (unpaired) electrons. The van der Waals surface area contributed by atoms with Gasteiger partial charge >= 0.3 is 0 Å². The fourth-order valence-electron chi connectivity index (χ4n) is 1.47. The van der Waals surface area contributed by atoms with Gasteiger partial charge in [-0.1, -0.05) is 5.21 Å². The fraction of sp³-hybridized carbons (Fsp3) is 0.714. The molecule has 0 amide bonds. The molecule has 1 aromatic heterocycles. The molecule has 0 aromatic carbocycles. The molecule has 1 fully saturated rings. The normalized spacial score (nSPS) is 32.3. The summed E-state index contributed by atoms with van der Waals surface area (Å²) < 4.78 is 6.77. The number of rotatable bonds is 2. The van der Waals surface area contributed by atoms with E-state index in [9.17, 15) is 5.11 Å². The molecule has 0 aliphatic carbocycles. The first-order valence-electron chi connectivity index (χ1n) is 4.32. The van der Waals surface area contributed by atoms with Gasteiger partial charge in [0.25, 0.3) is 0 Å². The minimum Gasteiger partial charge on any atom is -0.394 e. The summed E-state index contributed by atoms with van der Waals surface area (Å²) in [6, 6.07) is 0. The van der Waals surface area contributed by atoms with Crippen molar-refractivity contribution in [3.63, 3.8) is 0 Å². The number of ether oxygens (including phenoxy) is 1. The molecule has 78 valence electrons. The smallest absolute Gasteiger partial charge is 0.166 e. The number of nitrogens with zero attached hydrogens (tertiary/aromatic N) is 3. The maximum atomic E-state index is 9.45. The Kier molecular flexibility index (Phi) is 2.36. The molecule has 7 heteroatoms. The largest absolute Gasteiger partial charge is 0.394 e. The number of nitrogens with two attached hydrogens (primary N) is 1. The molecule has 1 aromatic rings. The van der Waals surface area contributed by atoms with Crippen LogP contribution < -0.4 is 5.73 Å². The highest BCUT2D eigenvalue weighted by Gasteiger charge is 2.34. The van der Waals surface area contributed by atoms with Crippen LogP contribution in [0.15, 0.2) is 6.20 Å². The number of aliphatic hydroxyl groups is 2. The van der Waals surface area contributed by atoms with E-state index in [1.165, 1.54) is 10.9 Å². The Hall–Kier alpha value is -1.18. The van der Waals surface area contributed by atoms with Crippen molar-refractivity contribution in [3.8, 4) is 0 Å². The van der Waals surface area contributed by atoms with E-state index in [1.807, 2.05) is 0 Å². The molecular weight excluding hydrogens is 188 g/mol. The van der Waals surface area contributed by atoms with Gasteiger partial charge in [0, 0.05) is 6.42 Å². The van der Waals surface area contributed by atoms with Crippen LogP contribution in [0.25, 0.3) is 0 Å². The molecule has 0 unspecified atom stereocenters. The molecule has 2 heterocycles. The molecule has 4 N–H and O–H groups in total. The summed E-state index contributed by atoms with van der Waals surface area (Å²) in [7, 11) is 0.